The van der Waals surface area contributed by atoms with Crippen molar-refractivity contribution in [3.63, 3.8) is 0 Å². The lowest BCUT2D eigenvalue weighted by Gasteiger charge is -2.43. The number of hydrogen-bond donors (Lipinski definition) is 1. The molecule has 0 saturated carbocycles. The van der Waals surface area contributed by atoms with Gasteiger partial charge in [-0.05, 0) is 37.8 Å². The minimum absolute atomic E-state index is 0.0138. The molecule has 0 aliphatic carbocycles. The van der Waals surface area contributed by atoms with E-state index in [0.29, 0.717) is 52.2 Å². The van der Waals surface area contributed by atoms with E-state index < -0.39 is 5.54 Å². The molecule has 0 radical (unpaired) electrons. The van der Waals surface area contributed by atoms with Crippen LogP contribution < -0.4 is 10.2 Å². The van der Waals surface area contributed by atoms with Crippen molar-refractivity contribution in [1.82, 2.24) is 15.1 Å². The van der Waals surface area contributed by atoms with Gasteiger partial charge in [0.05, 0.1) is 6.67 Å². The molecule has 0 atom stereocenters. The minimum Gasteiger partial charge on any atom is -0.385 e. The molecule has 3 amide bonds. The minimum atomic E-state index is -0.713. The molecular formula is C27H42N4O4. The van der Waals surface area contributed by atoms with Crippen LogP contribution in [0.3, 0.4) is 0 Å². The Morgan fingerprint density at radius 1 is 1.03 bits per heavy atom. The van der Waals surface area contributed by atoms with E-state index in [-0.39, 0.29) is 24.3 Å². The molecule has 2 fully saturated rings. The topological polar surface area (TPSA) is 82.2 Å². The number of ether oxygens (including phenoxy) is 1. The van der Waals surface area contributed by atoms with E-state index in [1.165, 1.54) is 19.3 Å². The number of carbonyl (C=O) groups excluding carboxylic acids is 3. The number of amides is 3. The van der Waals surface area contributed by atoms with Gasteiger partial charge in [0.25, 0.3) is 5.91 Å². The van der Waals surface area contributed by atoms with E-state index in [1.807, 2.05) is 35.2 Å². The third-order valence-corrected chi connectivity index (χ3v) is 7.20. The predicted octanol–water partition coefficient (Wildman–Crippen LogP) is 3.17. The van der Waals surface area contributed by atoms with Crippen LogP contribution in [-0.4, -0.2) is 79.6 Å². The molecule has 0 aromatic heterocycles. The number of hydrogen-bond acceptors (Lipinski definition) is 5. The molecule has 2 heterocycles. The van der Waals surface area contributed by atoms with Gasteiger partial charge >= 0.3 is 0 Å². The second-order valence-electron chi connectivity index (χ2n) is 9.68. The quantitative estimate of drug-likeness (QED) is 0.433. The van der Waals surface area contributed by atoms with Crippen molar-refractivity contribution in [2.75, 3.05) is 51.5 Å². The maximum Gasteiger partial charge on any atom is 0.250 e. The summed E-state index contributed by atoms with van der Waals surface area (Å²) in [6.07, 6.45) is 8.11. The van der Waals surface area contributed by atoms with Crippen molar-refractivity contribution in [1.29, 1.82) is 0 Å². The summed E-state index contributed by atoms with van der Waals surface area (Å²) in [5.74, 6) is 0.0237. The van der Waals surface area contributed by atoms with Crippen LogP contribution in [-0.2, 0) is 19.1 Å². The second-order valence-corrected chi connectivity index (χ2v) is 9.68. The van der Waals surface area contributed by atoms with E-state index in [9.17, 15) is 14.4 Å². The first kappa shape index (κ1) is 27.0. The van der Waals surface area contributed by atoms with E-state index in [4.69, 9.17) is 4.74 Å². The van der Waals surface area contributed by atoms with Gasteiger partial charge in [-0.25, -0.2) is 0 Å². The van der Waals surface area contributed by atoms with Crippen molar-refractivity contribution in [2.45, 2.75) is 70.3 Å². The SMILES string of the molecule is CCCCCCCC(=O)N1CCC2(CC1)C(=O)N(CC(=O)NCCCOC)CN2c1ccccc1. The van der Waals surface area contributed by atoms with Crippen LogP contribution in [0.4, 0.5) is 5.69 Å². The average Bonchev–Trinajstić information content (AvgIpc) is 3.13. The van der Waals surface area contributed by atoms with Crippen LogP contribution in [0.1, 0.15) is 64.7 Å². The average molecular weight is 487 g/mol. The maximum absolute atomic E-state index is 13.7. The number of anilines is 1. The first-order valence-electron chi connectivity index (χ1n) is 13.2. The zero-order valence-electron chi connectivity index (χ0n) is 21.5. The van der Waals surface area contributed by atoms with Crippen LogP contribution in [0, 0.1) is 0 Å². The van der Waals surface area contributed by atoms with E-state index >= 15 is 0 Å². The summed E-state index contributed by atoms with van der Waals surface area (Å²) in [6.45, 7) is 4.85. The fraction of sp³-hybridized carbons (Fsp3) is 0.667. The number of rotatable bonds is 13. The molecular weight excluding hydrogens is 444 g/mol. The molecule has 8 nitrogen and oxygen atoms in total. The Hall–Kier alpha value is -2.61. The molecule has 194 valence electrons. The Kier molecular flexibility index (Phi) is 10.4. The van der Waals surface area contributed by atoms with E-state index in [1.54, 1.807) is 12.0 Å². The standard InChI is InChI=1S/C27H42N4O4/c1-3-4-5-6-10-14-25(33)29-18-15-27(16-19-29)26(34)30(21-24(32)28-17-11-20-35-2)22-31(27)23-12-8-7-9-13-23/h7-9,12-13H,3-6,10-11,14-22H2,1-2H3,(H,28,32). The third-order valence-electron chi connectivity index (χ3n) is 7.20. The van der Waals surface area contributed by atoms with Crippen LogP contribution in [0.5, 0.6) is 0 Å². The molecule has 3 rings (SSSR count). The summed E-state index contributed by atoms with van der Waals surface area (Å²) in [7, 11) is 1.63. The van der Waals surface area contributed by atoms with Crippen LogP contribution in [0.2, 0.25) is 0 Å². The maximum atomic E-state index is 13.7. The van der Waals surface area contributed by atoms with Gasteiger partial charge in [-0.2, -0.15) is 0 Å². The van der Waals surface area contributed by atoms with Crippen LogP contribution >= 0.6 is 0 Å². The number of unbranched alkanes of at least 4 members (excludes halogenated alkanes) is 4. The van der Waals surface area contributed by atoms with E-state index in [0.717, 1.165) is 24.9 Å². The number of benzene rings is 1. The third kappa shape index (κ3) is 6.97. The summed E-state index contributed by atoms with van der Waals surface area (Å²) in [6, 6.07) is 9.92. The van der Waals surface area contributed by atoms with Crippen molar-refractivity contribution < 1.29 is 19.1 Å². The molecule has 2 saturated heterocycles. The van der Waals surface area contributed by atoms with Crippen molar-refractivity contribution in [3.8, 4) is 0 Å². The van der Waals surface area contributed by atoms with Gasteiger partial charge in [-0.1, -0.05) is 50.8 Å². The summed E-state index contributed by atoms with van der Waals surface area (Å²) in [5, 5.41) is 2.88. The summed E-state index contributed by atoms with van der Waals surface area (Å²) in [5.41, 5.74) is 0.259. The Bertz CT molecular complexity index is 824. The lowest BCUT2D eigenvalue weighted by atomic mass is 9.85. The first-order chi connectivity index (χ1) is 17.0. The summed E-state index contributed by atoms with van der Waals surface area (Å²) >= 11 is 0. The molecule has 0 unspecified atom stereocenters. The van der Waals surface area contributed by atoms with Crippen molar-refractivity contribution in [2.24, 2.45) is 0 Å². The normalized spacial score (nSPS) is 17.3. The first-order valence-corrected chi connectivity index (χ1v) is 13.2. The Labute approximate surface area is 210 Å². The number of para-hydroxylation sites is 1. The van der Waals surface area contributed by atoms with Gasteiger partial charge in [0.2, 0.25) is 11.8 Å². The Morgan fingerprint density at radius 3 is 2.43 bits per heavy atom. The molecule has 1 aromatic rings. The predicted molar refractivity (Wildman–Crippen MR) is 137 cm³/mol. The van der Waals surface area contributed by atoms with Crippen molar-refractivity contribution in [3.05, 3.63) is 30.3 Å². The highest BCUT2D eigenvalue weighted by Crippen LogP contribution is 2.39. The van der Waals surface area contributed by atoms with E-state index in [2.05, 4.69) is 17.1 Å². The van der Waals surface area contributed by atoms with Gasteiger partial charge < -0.3 is 24.8 Å². The fourth-order valence-corrected chi connectivity index (χ4v) is 5.16. The van der Waals surface area contributed by atoms with Gasteiger partial charge in [0, 0.05) is 45.5 Å². The highest BCUT2D eigenvalue weighted by molar-refractivity contribution is 5.96. The summed E-state index contributed by atoms with van der Waals surface area (Å²) < 4.78 is 5.02. The number of nitrogens with one attached hydrogen (secondary N) is 1. The Balaban J connectivity index is 1.63. The molecule has 0 bridgehead atoms. The Morgan fingerprint density at radius 2 is 1.74 bits per heavy atom. The highest BCUT2D eigenvalue weighted by atomic mass is 16.5. The molecule has 1 spiro atoms. The molecule has 35 heavy (non-hydrogen) atoms. The fourth-order valence-electron chi connectivity index (χ4n) is 5.16. The molecule has 8 heteroatoms. The number of carbonyl (C=O) groups is 3. The lowest BCUT2D eigenvalue weighted by Crippen LogP contribution is -2.57. The van der Waals surface area contributed by atoms with Crippen molar-refractivity contribution >= 4 is 23.4 Å². The number of likely N-dealkylation sites (tertiary alicyclic amines) is 1. The van der Waals surface area contributed by atoms with Crippen LogP contribution in [0.25, 0.3) is 0 Å². The van der Waals surface area contributed by atoms with Gasteiger partial charge in [0.1, 0.15) is 12.1 Å². The monoisotopic (exact) mass is 486 g/mol. The zero-order valence-corrected chi connectivity index (χ0v) is 21.5. The van der Waals surface area contributed by atoms with Gasteiger partial charge in [-0.15, -0.1) is 0 Å². The molecule has 1 aromatic carbocycles. The highest BCUT2D eigenvalue weighted by Gasteiger charge is 2.54. The largest absolute Gasteiger partial charge is 0.385 e. The van der Waals surface area contributed by atoms with Gasteiger partial charge in [-0.3, -0.25) is 14.4 Å². The zero-order chi connectivity index (χ0) is 25.1. The second kappa shape index (κ2) is 13.5. The smallest absolute Gasteiger partial charge is 0.250 e. The van der Waals surface area contributed by atoms with Crippen LogP contribution in [0.15, 0.2) is 30.3 Å². The van der Waals surface area contributed by atoms with Gasteiger partial charge in [0.15, 0.2) is 0 Å². The number of piperidine rings is 1. The summed E-state index contributed by atoms with van der Waals surface area (Å²) in [4.78, 5) is 44.7. The number of methoxy groups -OCH3 is 1. The molecule has 1 N–H and O–H groups in total. The molecule has 2 aliphatic rings. The lowest BCUT2D eigenvalue weighted by molar-refractivity contribution is -0.140. The number of nitrogens with zero attached hydrogens (tertiary/aromatic N) is 3. The molecule has 2 aliphatic heterocycles.